The lowest BCUT2D eigenvalue weighted by molar-refractivity contribution is -0.144. The van der Waals surface area contributed by atoms with Crippen LogP contribution in [0, 0.1) is 5.92 Å². The van der Waals surface area contributed by atoms with E-state index in [1.807, 2.05) is 0 Å². The number of likely N-dealkylation sites (N-methyl/N-ethyl adjacent to an activating group) is 1. The van der Waals surface area contributed by atoms with Crippen LogP contribution in [-0.2, 0) is 4.79 Å². The van der Waals surface area contributed by atoms with E-state index in [2.05, 4.69) is 28.7 Å². The van der Waals surface area contributed by atoms with Gasteiger partial charge in [0.1, 0.15) is 0 Å². The van der Waals surface area contributed by atoms with Gasteiger partial charge in [-0.25, -0.2) is 0 Å². The number of aliphatic carboxylic acids is 1. The minimum atomic E-state index is -0.620. The Bertz CT molecular complexity index is 303. The number of rotatable bonds is 4. The summed E-state index contributed by atoms with van der Waals surface area (Å²) in [7, 11) is 2.18. The van der Waals surface area contributed by atoms with Crippen molar-refractivity contribution in [3.63, 3.8) is 0 Å². The summed E-state index contributed by atoms with van der Waals surface area (Å²) < 4.78 is 0. The van der Waals surface area contributed by atoms with Crippen molar-refractivity contribution in [1.29, 1.82) is 0 Å². The van der Waals surface area contributed by atoms with Crippen molar-refractivity contribution < 1.29 is 9.90 Å². The van der Waals surface area contributed by atoms with E-state index in [1.54, 1.807) is 0 Å². The molecule has 1 N–H and O–H groups in total. The number of piperazine rings is 1. The molecule has 110 valence electrons. The molecule has 2 rings (SSSR count). The lowest BCUT2D eigenvalue weighted by Crippen LogP contribution is -2.49. The Hall–Kier alpha value is -0.650. The Kier molecular flexibility index (Phi) is 5.19. The number of carboxylic acid groups (broad SMARTS) is 1. The summed E-state index contributed by atoms with van der Waals surface area (Å²) in [6, 6.07) is 0.405. The molecule has 2 aliphatic rings. The smallest absolute Gasteiger partial charge is 0.306 e. The summed E-state index contributed by atoms with van der Waals surface area (Å²) >= 11 is 0. The largest absolute Gasteiger partial charge is 0.481 e. The van der Waals surface area contributed by atoms with Crippen LogP contribution in [-0.4, -0.2) is 84.7 Å². The van der Waals surface area contributed by atoms with Crippen LogP contribution in [0.15, 0.2) is 0 Å². The summed E-state index contributed by atoms with van der Waals surface area (Å²) in [6.07, 6.45) is 1.61. The summed E-state index contributed by atoms with van der Waals surface area (Å²) in [5.74, 6) is -0.750. The number of hydrogen-bond acceptors (Lipinski definition) is 4. The fourth-order valence-corrected chi connectivity index (χ4v) is 3.12. The van der Waals surface area contributed by atoms with E-state index >= 15 is 0 Å². The molecule has 0 aromatic rings. The monoisotopic (exact) mass is 269 g/mol. The predicted molar refractivity (Wildman–Crippen MR) is 75.3 cm³/mol. The average molecular weight is 269 g/mol. The zero-order valence-electron chi connectivity index (χ0n) is 12.2. The van der Waals surface area contributed by atoms with E-state index in [0.717, 1.165) is 58.7 Å². The first-order chi connectivity index (χ1) is 9.06. The molecule has 5 heteroatoms. The van der Waals surface area contributed by atoms with Crippen molar-refractivity contribution in [2.24, 2.45) is 5.92 Å². The third-order valence-electron chi connectivity index (χ3n) is 4.66. The van der Waals surface area contributed by atoms with E-state index in [-0.39, 0.29) is 5.92 Å². The molecule has 2 aliphatic heterocycles. The normalized spacial score (nSPS) is 31.5. The summed E-state index contributed by atoms with van der Waals surface area (Å²) in [5, 5.41) is 9.07. The third kappa shape index (κ3) is 4.16. The fourth-order valence-electron chi connectivity index (χ4n) is 3.12. The van der Waals surface area contributed by atoms with Gasteiger partial charge in [-0.2, -0.15) is 0 Å². The van der Waals surface area contributed by atoms with E-state index in [4.69, 9.17) is 5.11 Å². The van der Waals surface area contributed by atoms with Gasteiger partial charge in [-0.05, 0) is 33.4 Å². The highest BCUT2D eigenvalue weighted by Gasteiger charge is 2.29. The average Bonchev–Trinajstić information content (AvgIpc) is 2.39. The van der Waals surface area contributed by atoms with Gasteiger partial charge in [0, 0.05) is 45.3 Å². The number of piperidine rings is 1. The number of carboxylic acids is 1. The van der Waals surface area contributed by atoms with Crippen LogP contribution in [0.3, 0.4) is 0 Å². The number of likely N-dealkylation sites (tertiary alicyclic amines) is 1. The van der Waals surface area contributed by atoms with Gasteiger partial charge in [-0.15, -0.1) is 0 Å². The first-order valence-electron chi connectivity index (χ1n) is 7.44. The summed E-state index contributed by atoms with van der Waals surface area (Å²) in [5.41, 5.74) is 0. The highest BCUT2D eigenvalue weighted by molar-refractivity contribution is 5.70. The Labute approximate surface area is 116 Å². The standard InChI is InChI=1S/C14H27N3O2/c1-12-11-13(14(18)19)3-4-17(12)10-9-16-7-5-15(2)6-8-16/h12-13H,3-11H2,1-2H3,(H,18,19). The van der Waals surface area contributed by atoms with Gasteiger partial charge >= 0.3 is 5.97 Å². The molecule has 0 radical (unpaired) electrons. The maximum Gasteiger partial charge on any atom is 0.306 e. The van der Waals surface area contributed by atoms with Crippen molar-refractivity contribution in [2.45, 2.75) is 25.8 Å². The van der Waals surface area contributed by atoms with Crippen LogP contribution >= 0.6 is 0 Å². The van der Waals surface area contributed by atoms with Gasteiger partial charge in [0.15, 0.2) is 0 Å². The molecule has 0 aliphatic carbocycles. The van der Waals surface area contributed by atoms with Crippen LogP contribution in [0.25, 0.3) is 0 Å². The van der Waals surface area contributed by atoms with Crippen molar-refractivity contribution >= 4 is 5.97 Å². The molecular formula is C14H27N3O2. The second-order valence-corrected chi connectivity index (χ2v) is 6.09. The Morgan fingerprint density at radius 3 is 2.42 bits per heavy atom. The van der Waals surface area contributed by atoms with Crippen molar-refractivity contribution in [2.75, 3.05) is 52.9 Å². The van der Waals surface area contributed by atoms with E-state index in [9.17, 15) is 4.79 Å². The van der Waals surface area contributed by atoms with Gasteiger partial charge in [-0.3, -0.25) is 14.6 Å². The number of carbonyl (C=O) groups is 1. The van der Waals surface area contributed by atoms with Gasteiger partial charge in [0.05, 0.1) is 5.92 Å². The maximum absolute atomic E-state index is 11.0. The first-order valence-corrected chi connectivity index (χ1v) is 7.44. The van der Waals surface area contributed by atoms with Gasteiger partial charge in [-0.1, -0.05) is 0 Å². The molecule has 0 bridgehead atoms. The highest BCUT2D eigenvalue weighted by atomic mass is 16.4. The second kappa shape index (κ2) is 6.68. The van der Waals surface area contributed by atoms with Gasteiger partial charge in [0.2, 0.25) is 0 Å². The molecule has 5 nitrogen and oxygen atoms in total. The molecule has 2 heterocycles. The molecule has 0 spiro atoms. The van der Waals surface area contributed by atoms with E-state index < -0.39 is 5.97 Å². The van der Waals surface area contributed by atoms with Crippen molar-refractivity contribution in [3.05, 3.63) is 0 Å². The van der Waals surface area contributed by atoms with Crippen molar-refractivity contribution in [1.82, 2.24) is 14.7 Å². The van der Waals surface area contributed by atoms with Gasteiger partial charge < -0.3 is 10.0 Å². The molecule has 0 amide bonds. The third-order valence-corrected chi connectivity index (χ3v) is 4.66. The lowest BCUT2D eigenvalue weighted by Gasteiger charge is -2.38. The van der Waals surface area contributed by atoms with E-state index in [0.29, 0.717) is 6.04 Å². The molecule has 0 aromatic carbocycles. The van der Waals surface area contributed by atoms with Crippen LogP contribution < -0.4 is 0 Å². The fraction of sp³-hybridized carbons (Fsp3) is 0.929. The number of nitrogens with zero attached hydrogens (tertiary/aromatic N) is 3. The molecular weight excluding hydrogens is 242 g/mol. The lowest BCUT2D eigenvalue weighted by atomic mass is 9.92. The molecule has 2 saturated heterocycles. The minimum Gasteiger partial charge on any atom is -0.481 e. The molecule has 19 heavy (non-hydrogen) atoms. The Morgan fingerprint density at radius 2 is 1.84 bits per heavy atom. The van der Waals surface area contributed by atoms with Crippen LogP contribution in [0.2, 0.25) is 0 Å². The topological polar surface area (TPSA) is 47.0 Å². The van der Waals surface area contributed by atoms with Crippen molar-refractivity contribution in [3.8, 4) is 0 Å². The zero-order chi connectivity index (χ0) is 13.8. The molecule has 2 atom stereocenters. The molecule has 2 unspecified atom stereocenters. The number of hydrogen-bond donors (Lipinski definition) is 1. The van der Waals surface area contributed by atoms with Crippen LogP contribution in [0.5, 0.6) is 0 Å². The van der Waals surface area contributed by atoms with E-state index in [1.165, 1.54) is 0 Å². The maximum atomic E-state index is 11.0. The minimum absolute atomic E-state index is 0.130. The molecule has 0 saturated carbocycles. The quantitative estimate of drug-likeness (QED) is 0.801. The first kappa shape index (κ1) is 14.8. The zero-order valence-corrected chi connectivity index (χ0v) is 12.2. The van der Waals surface area contributed by atoms with Crippen LogP contribution in [0.1, 0.15) is 19.8 Å². The predicted octanol–water partition coefficient (Wildman–Crippen LogP) is 0.419. The Balaban J connectivity index is 1.70. The summed E-state index contributed by atoms with van der Waals surface area (Å²) in [6.45, 7) is 9.96. The second-order valence-electron chi connectivity index (χ2n) is 6.09. The highest BCUT2D eigenvalue weighted by Crippen LogP contribution is 2.22. The van der Waals surface area contributed by atoms with Gasteiger partial charge in [0.25, 0.3) is 0 Å². The SMILES string of the molecule is CC1CC(C(=O)O)CCN1CCN1CCN(C)CC1. The molecule has 0 aromatic heterocycles. The summed E-state index contributed by atoms with van der Waals surface area (Å²) in [4.78, 5) is 18.4. The van der Waals surface area contributed by atoms with Crippen LogP contribution in [0.4, 0.5) is 0 Å². The Morgan fingerprint density at radius 1 is 1.16 bits per heavy atom. The molecule has 2 fully saturated rings.